The first-order valence-electron chi connectivity index (χ1n) is 10.2. The number of benzene rings is 2. The highest BCUT2D eigenvalue weighted by Crippen LogP contribution is 2.40. The number of carbonyl (C=O) groups is 3. The van der Waals surface area contributed by atoms with Gasteiger partial charge in [0, 0.05) is 11.1 Å². The van der Waals surface area contributed by atoms with Crippen LogP contribution < -0.4 is 0 Å². The molecule has 1 fully saturated rings. The Morgan fingerprint density at radius 3 is 2.58 bits per heavy atom. The number of allylic oxidation sites excluding steroid dienone is 2. The largest absolute Gasteiger partial charge is 0.275 e. The van der Waals surface area contributed by atoms with E-state index in [1.54, 1.807) is 12.1 Å². The number of nitrogens with zero attached hydrogens (tertiary/aromatic N) is 3. The molecule has 8 nitrogen and oxygen atoms in total. The molecule has 0 saturated carbocycles. The molecule has 3 atom stereocenters. The quantitative estimate of drug-likeness (QED) is 0.264. The number of amides is 3. The second-order valence-electron chi connectivity index (χ2n) is 8.02. The Morgan fingerprint density at radius 1 is 1.18 bits per heavy atom. The maximum atomic E-state index is 13.6. The molecule has 2 aromatic carbocycles. The van der Waals surface area contributed by atoms with Crippen LogP contribution in [0.1, 0.15) is 29.3 Å². The van der Waals surface area contributed by atoms with Crippen molar-refractivity contribution in [1.29, 1.82) is 0 Å². The minimum Gasteiger partial charge on any atom is -0.272 e. The first-order chi connectivity index (χ1) is 15.7. The average molecular weight is 488 g/mol. The summed E-state index contributed by atoms with van der Waals surface area (Å²) in [5.41, 5.74) is -0.144. The molecule has 1 heterocycles. The molecule has 1 aliphatic heterocycles. The lowest BCUT2D eigenvalue weighted by Crippen LogP contribution is -2.50. The first kappa shape index (κ1) is 22.9. The number of halogens is 2. The summed E-state index contributed by atoms with van der Waals surface area (Å²) in [5, 5.41) is 13.7. The van der Waals surface area contributed by atoms with Crippen LogP contribution in [0.2, 0.25) is 10.0 Å². The van der Waals surface area contributed by atoms with Crippen LogP contribution in [0.25, 0.3) is 0 Å². The number of hydrogen-bond donors (Lipinski definition) is 0. The summed E-state index contributed by atoms with van der Waals surface area (Å²) >= 11 is 12.1. The fraction of sp³-hybridized carbons (Fsp3) is 0.261. The summed E-state index contributed by atoms with van der Waals surface area (Å²) in [6.07, 6.45) is 4.11. The molecule has 170 valence electrons. The van der Waals surface area contributed by atoms with Gasteiger partial charge in [-0.2, -0.15) is 5.01 Å². The van der Waals surface area contributed by atoms with E-state index in [-0.39, 0.29) is 32.8 Å². The topological polar surface area (TPSA) is 101 Å². The molecule has 0 aromatic heterocycles. The van der Waals surface area contributed by atoms with Gasteiger partial charge in [0.05, 0.1) is 39.5 Å². The van der Waals surface area contributed by atoms with Crippen molar-refractivity contribution in [3.05, 3.63) is 85.9 Å². The lowest BCUT2D eigenvalue weighted by molar-refractivity contribution is -0.385. The Bertz CT molecular complexity index is 1200. The van der Waals surface area contributed by atoms with Crippen LogP contribution in [-0.2, 0) is 16.1 Å². The van der Waals surface area contributed by atoms with Crippen LogP contribution in [0.5, 0.6) is 0 Å². The molecule has 1 aliphatic carbocycles. The predicted octanol–water partition coefficient (Wildman–Crippen LogP) is 4.66. The number of imide groups is 1. The van der Waals surface area contributed by atoms with Gasteiger partial charge in [0.2, 0.25) is 0 Å². The molecule has 2 aliphatic rings. The Labute approximate surface area is 199 Å². The molecule has 0 bridgehead atoms. The second kappa shape index (κ2) is 8.96. The third kappa shape index (κ3) is 4.12. The van der Waals surface area contributed by atoms with Gasteiger partial charge in [-0.15, -0.1) is 0 Å². The highest BCUT2D eigenvalue weighted by molar-refractivity contribution is 6.34. The normalized spacial score (nSPS) is 21.8. The fourth-order valence-corrected chi connectivity index (χ4v) is 4.76. The molecule has 10 heteroatoms. The minimum absolute atomic E-state index is 0.0671. The zero-order chi connectivity index (χ0) is 23.9. The number of carbonyl (C=O) groups excluding carboxylic acids is 3. The highest BCUT2D eigenvalue weighted by atomic mass is 35.5. The van der Waals surface area contributed by atoms with Crippen molar-refractivity contribution >= 4 is 46.6 Å². The van der Waals surface area contributed by atoms with Gasteiger partial charge in [-0.05, 0) is 36.6 Å². The van der Waals surface area contributed by atoms with Crippen molar-refractivity contribution in [1.82, 2.24) is 10.0 Å². The van der Waals surface area contributed by atoms with Gasteiger partial charge in [0.1, 0.15) is 0 Å². The fourth-order valence-electron chi connectivity index (χ4n) is 4.38. The summed E-state index contributed by atoms with van der Waals surface area (Å²) < 4.78 is 0. The highest BCUT2D eigenvalue weighted by Gasteiger charge is 2.53. The van der Waals surface area contributed by atoms with Crippen LogP contribution in [0.4, 0.5) is 5.69 Å². The Balaban J connectivity index is 1.80. The van der Waals surface area contributed by atoms with E-state index in [0.717, 1.165) is 16.1 Å². The smallest absolute Gasteiger partial charge is 0.272 e. The molecular formula is C23H19Cl2N3O5. The third-order valence-electron chi connectivity index (χ3n) is 5.99. The summed E-state index contributed by atoms with van der Waals surface area (Å²) in [7, 11) is 0. The lowest BCUT2D eigenvalue weighted by Gasteiger charge is -2.31. The third-order valence-corrected chi connectivity index (χ3v) is 6.56. The molecule has 1 saturated heterocycles. The first-order valence-corrected chi connectivity index (χ1v) is 11.0. The number of fused-ring (bicyclic) bond motifs is 1. The van der Waals surface area contributed by atoms with Crippen molar-refractivity contribution in [2.75, 3.05) is 0 Å². The molecule has 0 N–H and O–H groups in total. The van der Waals surface area contributed by atoms with Gasteiger partial charge < -0.3 is 0 Å². The zero-order valence-corrected chi connectivity index (χ0v) is 19.0. The average Bonchev–Trinajstić information content (AvgIpc) is 3.04. The molecule has 0 radical (unpaired) electrons. The van der Waals surface area contributed by atoms with Gasteiger partial charge in [0.25, 0.3) is 23.4 Å². The summed E-state index contributed by atoms with van der Waals surface area (Å²) in [6, 6.07) is 10.2. The van der Waals surface area contributed by atoms with Gasteiger partial charge >= 0.3 is 0 Å². The van der Waals surface area contributed by atoms with Crippen LogP contribution >= 0.6 is 23.2 Å². The molecule has 0 unspecified atom stereocenters. The summed E-state index contributed by atoms with van der Waals surface area (Å²) in [5.74, 6) is -3.14. The van der Waals surface area contributed by atoms with Crippen LogP contribution in [0, 0.1) is 27.9 Å². The Morgan fingerprint density at radius 2 is 1.91 bits per heavy atom. The molecule has 3 amide bonds. The van der Waals surface area contributed by atoms with Crippen molar-refractivity contribution < 1.29 is 19.3 Å². The SMILES string of the molecule is C[C@@H]1C=CC[C@H]2C(=O)N(N(Cc3ccc(Cl)cc3[N+](=O)[O-])C(=O)c3ccccc3Cl)C(=O)[C@@H]12. The Kier molecular flexibility index (Phi) is 6.23. The van der Waals surface area contributed by atoms with E-state index in [1.165, 1.54) is 24.3 Å². The van der Waals surface area contributed by atoms with Crippen molar-refractivity contribution in [3.63, 3.8) is 0 Å². The predicted molar refractivity (Wildman–Crippen MR) is 121 cm³/mol. The number of hydrogen-bond acceptors (Lipinski definition) is 5. The number of rotatable bonds is 5. The monoisotopic (exact) mass is 487 g/mol. The van der Waals surface area contributed by atoms with E-state index in [0.29, 0.717) is 6.42 Å². The van der Waals surface area contributed by atoms with Gasteiger partial charge in [0.15, 0.2) is 0 Å². The second-order valence-corrected chi connectivity index (χ2v) is 8.86. The van der Waals surface area contributed by atoms with Crippen LogP contribution in [0.15, 0.2) is 54.6 Å². The maximum Gasteiger partial charge on any atom is 0.275 e. The van der Waals surface area contributed by atoms with Gasteiger partial charge in [-0.1, -0.05) is 54.4 Å². The van der Waals surface area contributed by atoms with Crippen LogP contribution in [0.3, 0.4) is 0 Å². The maximum absolute atomic E-state index is 13.6. The molecule has 0 spiro atoms. The molecular weight excluding hydrogens is 469 g/mol. The molecule has 33 heavy (non-hydrogen) atoms. The summed E-state index contributed by atoms with van der Waals surface area (Å²) in [4.78, 5) is 51.2. The van der Waals surface area contributed by atoms with Gasteiger partial charge in [-0.25, -0.2) is 5.01 Å². The number of nitro groups is 1. The van der Waals surface area contributed by atoms with Crippen molar-refractivity contribution in [2.24, 2.45) is 17.8 Å². The lowest BCUT2D eigenvalue weighted by atomic mass is 9.78. The molecule has 4 rings (SSSR count). The van der Waals surface area contributed by atoms with E-state index in [1.807, 2.05) is 19.1 Å². The summed E-state index contributed by atoms with van der Waals surface area (Å²) in [6.45, 7) is 1.45. The van der Waals surface area contributed by atoms with Crippen LogP contribution in [-0.4, -0.2) is 32.7 Å². The zero-order valence-electron chi connectivity index (χ0n) is 17.5. The van der Waals surface area contributed by atoms with E-state index in [4.69, 9.17) is 23.2 Å². The van der Waals surface area contributed by atoms with Gasteiger partial charge in [-0.3, -0.25) is 24.5 Å². The van der Waals surface area contributed by atoms with Crippen molar-refractivity contribution in [3.8, 4) is 0 Å². The Hall–Kier alpha value is -3.23. The van der Waals surface area contributed by atoms with Crippen molar-refractivity contribution in [2.45, 2.75) is 19.9 Å². The van der Waals surface area contributed by atoms with E-state index in [9.17, 15) is 24.5 Å². The minimum atomic E-state index is -0.717. The van der Waals surface area contributed by atoms with E-state index >= 15 is 0 Å². The standard InChI is InChI=1S/C23H19Cl2N3O5/c1-13-5-4-7-17-20(13)23(31)27(22(17)30)26(21(29)16-6-2-3-8-18(16)25)12-14-9-10-15(24)11-19(14)28(32)33/h2-6,8-11,13,17,20H,7,12H2,1H3/t13-,17-,20+/m1/s1. The number of hydrazine groups is 1. The van der Waals surface area contributed by atoms with E-state index in [2.05, 4.69) is 0 Å². The molecule has 2 aromatic rings. The number of nitro benzene ring substituents is 1. The van der Waals surface area contributed by atoms with E-state index < -0.39 is 41.0 Å².